The lowest BCUT2D eigenvalue weighted by Gasteiger charge is -2.62. The topological polar surface area (TPSA) is 102 Å². The van der Waals surface area contributed by atoms with Crippen LogP contribution in [0.3, 0.4) is 0 Å². The van der Waals surface area contributed by atoms with Crippen molar-refractivity contribution in [2.45, 2.75) is 60.5 Å². The lowest BCUT2D eigenvalue weighted by atomic mass is 9.50. The molecule has 7 nitrogen and oxygen atoms in total. The number of nitrogens with zero attached hydrogens (tertiary/aromatic N) is 2. The standard InChI is InChI=1S/C22H27FN4O3S2/c23-17-1-3-19(4-2-17)32(29,30)26-22-8-15-5-16(9-22)7-21(6-15,13-22)25-11-20(28)27-14-31-12-18(27)10-24/h1-4,15-16,18,25-26H,5-9,11-14H2/t15?,16?,18-,21?,22?/m1/s1. The molecule has 0 spiro atoms. The molecule has 2 unspecified atom stereocenters. The highest BCUT2D eigenvalue weighted by Crippen LogP contribution is 2.57. The van der Waals surface area contributed by atoms with Gasteiger partial charge in [0.2, 0.25) is 15.9 Å². The highest BCUT2D eigenvalue weighted by atomic mass is 32.2. The molecule has 1 saturated heterocycles. The van der Waals surface area contributed by atoms with Gasteiger partial charge in [-0.2, -0.15) is 5.26 Å². The molecule has 1 amide bonds. The molecule has 1 aromatic carbocycles. The van der Waals surface area contributed by atoms with E-state index in [1.165, 1.54) is 12.1 Å². The number of sulfonamides is 1. The maximum Gasteiger partial charge on any atom is 0.241 e. The minimum absolute atomic E-state index is 0.0703. The van der Waals surface area contributed by atoms with Gasteiger partial charge in [-0.1, -0.05) is 0 Å². The van der Waals surface area contributed by atoms with Crippen molar-refractivity contribution in [2.24, 2.45) is 11.8 Å². The van der Waals surface area contributed by atoms with E-state index >= 15 is 0 Å². The molecule has 2 N–H and O–H groups in total. The molecular formula is C22H27FN4O3S2. The summed E-state index contributed by atoms with van der Waals surface area (Å²) in [7, 11) is -3.78. The molecule has 0 radical (unpaired) electrons. The van der Waals surface area contributed by atoms with Crippen molar-refractivity contribution in [1.29, 1.82) is 5.26 Å². The molecule has 1 aromatic rings. The fraction of sp³-hybridized carbons (Fsp3) is 0.636. The number of benzene rings is 1. The lowest BCUT2D eigenvalue weighted by molar-refractivity contribution is -0.131. The number of nitriles is 1. The summed E-state index contributed by atoms with van der Waals surface area (Å²) in [6, 6.07) is 6.73. The van der Waals surface area contributed by atoms with Crippen LogP contribution in [0.4, 0.5) is 4.39 Å². The smallest absolute Gasteiger partial charge is 0.241 e. The van der Waals surface area contributed by atoms with E-state index in [2.05, 4.69) is 16.1 Å². The zero-order chi connectivity index (χ0) is 22.6. The van der Waals surface area contributed by atoms with Crippen LogP contribution in [0.2, 0.25) is 0 Å². The first kappa shape index (κ1) is 22.1. The maximum absolute atomic E-state index is 13.3. The zero-order valence-electron chi connectivity index (χ0n) is 17.7. The Kier molecular flexibility index (Phi) is 5.52. The van der Waals surface area contributed by atoms with Crippen LogP contribution in [-0.4, -0.2) is 54.5 Å². The van der Waals surface area contributed by atoms with E-state index in [9.17, 15) is 22.9 Å². The van der Waals surface area contributed by atoms with Gasteiger partial charge in [-0.25, -0.2) is 17.5 Å². The predicted molar refractivity (Wildman–Crippen MR) is 118 cm³/mol. The fourth-order valence-electron chi connectivity index (χ4n) is 6.71. The van der Waals surface area contributed by atoms with Gasteiger partial charge in [-0.05, 0) is 74.6 Å². The van der Waals surface area contributed by atoms with E-state index in [1.807, 2.05) is 0 Å². The first-order valence-electron chi connectivity index (χ1n) is 11.0. The highest BCUT2D eigenvalue weighted by Gasteiger charge is 2.58. The third-order valence-electron chi connectivity index (χ3n) is 7.50. The number of carbonyl (C=O) groups excluding carboxylic acids is 1. The minimum Gasteiger partial charge on any atom is -0.315 e. The molecule has 1 aliphatic heterocycles. The van der Waals surface area contributed by atoms with Crippen molar-refractivity contribution in [3.8, 4) is 6.07 Å². The third kappa shape index (κ3) is 4.04. The Labute approximate surface area is 192 Å². The van der Waals surface area contributed by atoms with Crippen molar-refractivity contribution in [1.82, 2.24) is 14.9 Å². The molecule has 10 heteroatoms. The molecule has 4 saturated carbocycles. The van der Waals surface area contributed by atoms with Crippen LogP contribution < -0.4 is 10.0 Å². The normalized spacial score (nSPS) is 35.8. The molecular weight excluding hydrogens is 451 g/mol. The van der Waals surface area contributed by atoms with Gasteiger partial charge in [0.1, 0.15) is 11.9 Å². The third-order valence-corrected chi connectivity index (χ3v) is 10.1. The first-order chi connectivity index (χ1) is 15.2. The van der Waals surface area contributed by atoms with Gasteiger partial charge in [0.05, 0.1) is 23.4 Å². The van der Waals surface area contributed by atoms with Crippen LogP contribution in [0, 0.1) is 29.0 Å². The molecule has 32 heavy (non-hydrogen) atoms. The number of hydrogen-bond donors (Lipinski definition) is 2. The summed E-state index contributed by atoms with van der Waals surface area (Å²) in [4.78, 5) is 14.5. The number of hydrogen-bond acceptors (Lipinski definition) is 6. The molecule has 3 atom stereocenters. The van der Waals surface area contributed by atoms with E-state index in [-0.39, 0.29) is 28.9 Å². The van der Waals surface area contributed by atoms with Gasteiger partial charge in [0.25, 0.3) is 0 Å². The van der Waals surface area contributed by atoms with Gasteiger partial charge in [0, 0.05) is 16.8 Å². The summed E-state index contributed by atoms with van der Waals surface area (Å²) in [6.07, 6.45) is 5.19. The van der Waals surface area contributed by atoms with Crippen molar-refractivity contribution in [2.75, 3.05) is 18.2 Å². The Balaban J connectivity index is 1.32. The minimum atomic E-state index is -3.78. The lowest BCUT2D eigenvalue weighted by Crippen LogP contribution is -2.69. The highest BCUT2D eigenvalue weighted by molar-refractivity contribution is 7.99. The molecule has 4 aliphatic carbocycles. The van der Waals surface area contributed by atoms with E-state index in [0.717, 1.165) is 44.2 Å². The van der Waals surface area contributed by atoms with E-state index in [1.54, 1.807) is 16.7 Å². The number of rotatable bonds is 6. The van der Waals surface area contributed by atoms with Crippen molar-refractivity contribution in [3.05, 3.63) is 30.1 Å². The average Bonchev–Trinajstić information content (AvgIpc) is 3.19. The number of amides is 1. The second-order valence-corrected chi connectivity index (χ2v) is 12.6. The molecule has 6 rings (SSSR count). The molecule has 0 aromatic heterocycles. The van der Waals surface area contributed by atoms with Crippen molar-refractivity contribution < 1.29 is 17.6 Å². The van der Waals surface area contributed by atoms with E-state index < -0.39 is 21.4 Å². The average molecular weight is 479 g/mol. The summed E-state index contributed by atoms with van der Waals surface area (Å²) in [5, 5.41) is 12.8. The van der Waals surface area contributed by atoms with E-state index in [0.29, 0.717) is 29.9 Å². The molecule has 1 heterocycles. The van der Waals surface area contributed by atoms with Crippen LogP contribution >= 0.6 is 11.8 Å². The Bertz CT molecular complexity index is 1040. The summed E-state index contributed by atoms with van der Waals surface area (Å²) in [5.74, 6) is 1.46. The number of thioether (sulfide) groups is 1. The molecule has 4 bridgehead atoms. The summed E-state index contributed by atoms with van der Waals surface area (Å²) < 4.78 is 42.5. The molecule has 5 aliphatic rings. The van der Waals surface area contributed by atoms with Crippen LogP contribution in [0.25, 0.3) is 0 Å². The first-order valence-corrected chi connectivity index (χ1v) is 13.7. The second kappa shape index (κ2) is 7.97. The van der Waals surface area contributed by atoms with Crippen molar-refractivity contribution >= 4 is 27.7 Å². The Morgan fingerprint density at radius 1 is 1.19 bits per heavy atom. The maximum atomic E-state index is 13.3. The Hall–Kier alpha value is -1.67. The second-order valence-electron chi connectivity index (χ2n) is 9.94. The SMILES string of the molecule is N#C[C@@H]1CSCN1C(=O)CNC12CC3CC(C1)CC(NS(=O)(=O)c1ccc(F)cc1)(C3)C2. The number of carbonyl (C=O) groups is 1. The van der Waals surface area contributed by atoms with E-state index in [4.69, 9.17) is 0 Å². The predicted octanol–water partition coefficient (Wildman–Crippen LogP) is 2.21. The Morgan fingerprint density at radius 3 is 2.50 bits per heavy atom. The van der Waals surface area contributed by atoms with Crippen molar-refractivity contribution in [3.63, 3.8) is 0 Å². The quantitative estimate of drug-likeness (QED) is 0.650. The van der Waals surface area contributed by atoms with Crippen LogP contribution in [0.5, 0.6) is 0 Å². The zero-order valence-corrected chi connectivity index (χ0v) is 19.4. The summed E-state index contributed by atoms with van der Waals surface area (Å²) in [5.41, 5.74) is -0.827. The monoisotopic (exact) mass is 478 g/mol. The largest absolute Gasteiger partial charge is 0.315 e. The Morgan fingerprint density at radius 2 is 1.84 bits per heavy atom. The molecule has 172 valence electrons. The van der Waals surface area contributed by atoms with Gasteiger partial charge in [-0.3, -0.25) is 4.79 Å². The van der Waals surface area contributed by atoms with Crippen LogP contribution in [-0.2, 0) is 14.8 Å². The summed E-state index contributed by atoms with van der Waals surface area (Å²) >= 11 is 1.59. The van der Waals surface area contributed by atoms with Gasteiger partial charge in [-0.15, -0.1) is 11.8 Å². The van der Waals surface area contributed by atoms with Crippen LogP contribution in [0.1, 0.15) is 38.5 Å². The van der Waals surface area contributed by atoms with Crippen LogP contribution in [0.15, 0.2) is 29.2 Å². The number of nitrogens with one attached hydrogen (secondary N) is 2. The van der Waals surface area contributed by atoms with Gasteiger partial charge >= 0.3 is 0 Å². The molecule has 5 fully saturated rings. The summed E-state index contributed by atoms with van der Waals surface area (Å²) in [6.45, 7) is 0.166. The van der Waals surface area contributed by atoms with Gasteiger partial charge < -0.3 is 10.2 Å². The fourth-order valence-corrected chi connectivity index (χ4v) is 9.23. The number of halogens is 1. The van der Waals surface area contributed by atoms with Gasteiger partial charge in [0.15, 0.2) is 0 Å².